The molecule has 0 amide bonds. The molecule has 1 fully saturated rings. The van der Waals surface area contributed by atoms with Gasteiger partial charge in [-0.05, 0) is 31.0 Å². The molecule has 0 spiro atoms. The molecule has 2 N–H and O–H groups in total. The lowest BCUT2D eigenvalue weighted by Crippen LogP contribution is -2.26. The van der Waals surface area contributed by atoms with Gasteiger partial charge in [-0.3, -0.25) is 0 Å². The van der Waals surface area contributed by atoms with E-state index < -0.39 is 0 Å². The second-order valence-electron chi connectivity index (χ2n) is 4.02. The summed E-state index contributed by atoms with van der Waals surface area (Å²) in [5, 5.41) is 0. The second kappa shape index (κ2) is 5.82. The lowest BCUT2D eigenvalue weighted by Gasteiger charge is -2.20. The lowest BCUT2D eigenvalue weighted by molar-refractivity contribution is 0.152. The minimum Gasteiger partial charge on any atom is -0.380 e. The van der Waals surface area contributed by atoms with Gasteiger partial charge >= 0.3 is 0 Å². The van der Waals surface area contributed by atoms with E-state index in [0.717, 1.165) is 45.0 Å². The van der Waals surface area contributed by atoms with Crippen LogP contribution in [0, 0.1) is 0 Å². The molecule has 0 unspecified atom stereocenters. The minimum absolute atomic E-state index is 0.679. The highest BCUT2D eigenvalue weighted by molar-refractivity contribution is 5.39. The first-order valence-electron chi connectivity index (χ1n) is 5.88. The number of nitrogens with two attached hydrogens (primary N) is 1. The zero-order valence-electron chi connectivity index (χ0n) is 9.56. The van der Waals surface area contributed by atoms with Crippen LogP contribution < -0.4 is 10.6 Å². The number of pyridine rings is 1. The average Bonchev–Trinajstić information content (AvgIpc) is 2.59. The van der Waals surface area contributed by atoms with Crippen LogP contribution in [0.3, 0.4) is 0 Å². The molecule has 0 aromatic carbocycles. The third kappa shape index (κ3) is 2.93. The van der Waals surface area contributed by atoms with E-state index in [2.05, 4.69) is 22.0 Å². The number of hydrogen-bond acceptors (Lipinski definition) is 4. The van der Waals surface area contributed by atoms with Gasteiger partial charge in [-0.1, -0.05) is 6.07 Å². The van der Waals surface area contributed by atoms with E-state index in [1.165, 1.54) is 5.56 Å². The number of nitrogens with zero attached hydrogens (tertiary/aromatic N) is 2. The van der Waals surface area contributed by atoms with Gasteiger partial charge in [0.1, 0.15) is 5.82 Å². The predicted molar refractivity (Wildman–Crippen MR) is 64.6 cm³/mol. The number of aromatic nitrogens is 1. The van der Waals surface area contributed by atoms with Crippen molar-refractivity contribution in [2.75, 3.05) is 37.7 Å². The van der Waals surface area contributed by atoms with Crippen molar-refractivity contribution in [1.82, 2.24) is 4.98 Å². The van der Waals surface area contributed by atoms with Gasteiger partial charge in [0, 0.05) is 25.9 Å². The Hall–Kier alpha value is -1.13. The van der Waals surface area contributed by atoms with Crippen molar-refractivity contribution in [2.45, 2.75) is 12.8 Å². The summed E-state index contributed by atoms with van der Waals surface area (Å²) in [6.07, 6.45) is 3.90. The molecule has 0 saturated carbocycles. The monoisotopic (exact) mass is 221 g/mol. The van der Waals surface area contributed by atoms with Crippen LogP contribution in [-0.4, -0.2) is 37.8 Å². The Morgan fingerprint density at radius 1 is 1.31 bits per heavy atom. The van der Waals surface area contributed by atoms with Gasteiger partial charge in [0.25, 0.3) is 0 Å². The highest BCUT2D eigenvalue weighted by Gasteiger charge is 2.10. The fourth-order valence-electron chi connectivity index (χ4n) is 1.89. The van der Waals surface area contributed by atoms with Crippen molar-refractivity contribution in [3.8, 4) is 0 Å². The first kappa shape index (κ1) is 11.4. The first-order chi connectivity index (χ1) is 7.90. The van der Waals surface area contributed by atoms with E-state index in [4.69, 9.17) is 10.5 Å². The van der Waals surface area contributed by atoms with Crippen LogP contribution in [0.4, 0.5) is 5.82 Å². The van der Waals surface area contributed by atoms with Crippen molar-refractivity contribution in [1.29, 1.82) is 0 Å². The number of hydrogen-bond donors (Lipinski definition) is 1. The molecule has 2 rings (SSSR count). The van der Waals surface area contributed by atoms with Crippen molar-refractivity contribution in [3.63, 3.8) is 0 Å². The number of anilines is 1. The molecule has 0 aliphatic carbocycles. The molecule has 0 atom stereocenters. The maximum absolute atomic E-state index is 5.51. The zero-order valence-corrected chi connectivity index (χ0v) is 9.56. The Morgan fingerprint density at radius 2 is 2.25 bits per heavy atom. The normalized spacial score (nSPS) is 17.2. The van der Waals surface area contributed by atoms with Crippen LogP contribution in [-0.2, 0) is 11.2 Å². The molecular weight excluding hydrogens is 202 g/mol. The Morgan fingerprint density at radius 3 is 3.00 bits per heavy atom. The summed E-state index contributed by atoms with van der Waals surface area (Å²) in [4.78, 5) is 6.75. The predicted octanol–water partition coefficient (Wildman–Crippen LogP) is 0.809. The Kier molecular flexibility index (Phi) is 4.13. The summed E-state index contributed by atoms with van der Waals surface area (Å²) in [6, 6.07) is 4.19. The molecule has 4 heteroatoms. The van der Waals surface area contributed by atoms with E-state index >= 15 is 0 Å². The van der Waals surface area contributed by atoms with Crippen LogP contribution >= 0.6 is 0 Å². The van der Waals surface area contributed by atoms with E-state index in [0.29, 0.717) is 6.54 Å². The van der Waals surface area contributed by atoms with Crippen molar-refractivity contribution >= 4 is 5.82 Å². The molecule has 1 aliphatic heterocycles. The first-order valence-corrected chi connectivity index (χ1v) is 5.88. The summed E-state index contributed by atoms with van der Waals surface area (Å²) in [5.41, 5.74) is 6.71. The maximum Gasteiger partial charge on any atom is 0.128 e. The quantitative estimate of drug-likeness (QED) is 0.820. The van der Waals surface area contributed by atoms with Gasteiger partial charge in [-0.2, -0.15) is 0 Å². The van der Waals surface area contributed by atoms with Crippen LogP contribution in [0.2, 0.25) is 0 Å². The molecule has 2 heterocycles. The molecule has 16 heavy (non-hydrogen) atoms. The van der Waals surface area contributed by atoms with E-state index in [1.807, 2.05) is 6.20 Å². The topological polar surface area (TPSA) is 51.4 Å². The summed E-state index contributed by atoms with van der Waals surface area (Å²) >= 11 is 0. The van der Waals surface area contributed by atoms with Crippen LogP contribution in [0.5, 0.6) is 0 Å². The van der Waals surface area contributed by atoms with Gasteiger partial charge in [-0.15, -0.1) is 0 Å². The highest BCUT2D eigenvalue weighted by Crippen LogP contribution is 2.13. The van der Waals surface area contributed by atoms with Gasteiger partial charge in [0.05, 0.1) is 6.61 Å². The number of ether oxygens (including phenoxy) is 1. The van der Waals surface area contributed by atoms with Gasteiger partial charge in [0.15, 0.2) is 0 Å². The van der Waals surface area contributed by atoms with Crippen molar-refractivity contribution in [2.24, 2.45) is 5.73 Å². The smallest absolute Gasteiger partial charge is 0.128 e. The van der Waals surface area contributed by atoms with Gasteiger partial charge < -0.3 is 15.4 Å². The molecule has 0 radical (unpaired) electrons. The molecule has 1 aromatic heterocycles. The summed E-state index contributed by atoms with van der Waals surface area (Å²) in [5.74, 6) is 1.05. The molecule has 88 valence electrons. The molecule has 1 aromatic rings. The van der Waals surface area contributed by atoms with E-state index in [1.54, 1.807) is 0 Å². The highest BCUT2D eigenvalue weighted by atomic mass is 16.5. The summed E-state index contributed by atoms with van der Waals surface area (Å²) in [6.45, 7) is 4.30. The summed E-state index contributed by atoms with van der Waals surface area (Å²) in [7, 11) is 0. The lowest BCUT2D eigenvalue weighted by atomic mass is 10.2. The number of rotatable bonds is 3. The SMILES string of the molecule is NCCc1ccc(N2CCCOCC2)nc1. The van der Waals surface area contributed by atoms with Crippen LogP contribution in [0.15, 0.2) is 18.3 Å². The molecule has 4 nitrogen and oxygen atoms in total. The third-order valence-electron chi connectivity index (χ3n) is 2.79. The second-order valence-corrected chi connectivity index (χ2v) is 4.02. The average molecular weight is 221 g/mol. The largest absolute Gasteiger partial charge is 0.380 e. The van der Waals surface area contributed by atoms with Crippen molar-refractivity contribution < 1.29 is 4.74 Å². The van der Waals surface area contributed by atoms with Gasteiger partial charge in [-0.25, -0.2) is 4.98 Å². The molecule has 1 saturated heterocycles. The Balaban J connectivity index is 2.01. The van der Waals surface area contributed by atoms with E-state index in [-0.39, 0.29) is 0 Å². The Labute approximate surface area is 96.4 Å². The van der Waals surface area contributed by atoms with Crippen LogP contribution in [0.25, 0.3) is 0 Å². The molecular formula is C12H19N3O. The standard InChI is InChI=1S/C12H19N3O/c13-5-4-11-2-3-12(14-10-11)15-6-1-8-16-9-7-15/h2-3,10H,1,4-9,13H2. The molecule has 0 bridgehead atoms. The summed E-state index contributed by atoms with van der Waals surface area (Å²) < 4.78 is 5.42. The zero-order chi connectivity index (χ0) is 11.2. The fraction of sp³-hybridized carbons (Fsp3) is 0.583. The van der Waals surface area contributed by atoms with Gasteiger partial charge in [0.2, 0.25) is 0 Å². The van der Waals surface area contributed by atoms with Crippen molar-refractivity contribution in [3.05, 3.63) is 23.9 Å². The maximum atomic E-state index is 5.51. The van der Waals surface area contributed by atoms with Crippen LogP contribution in [0.1, 0.15) is 12.0 Å². The third-order valence-corrected chi connectivity index (χ3v) is 2.79. The molecule has 1 aliphatic rings. The fourth-order valence-corrected chi connectivity index (χ4v) is 1.89. The Bertz CT molecular complexity index is 305. The minimum atomic E-state index is 0.679. The van der Waals surface area contributed by atoms with E-state index in [9.17, 15) is 0 Å².